The summed E-state index contributed by atoms with van der Waals surface area (Å²) in [6.45, 7) is 3.85. The lowest BCUT2D eigenvalue weighted by Crippen LogP contribution is -2.29. The molecule has 0 atom stereocenters. The fourth-order valence-corrected chi connectivity index (χ4v) is 3.61. The first-order valence-corrected chi connectivity index (χ1v) is 8.79. The van der Waals surface area contributed by atoms with Crippen LogP contribution in [0.1, 0.15) is 23.5 Å². The normalized spacial score (nSPS) is 10.8. The maximum atomic E-state index is 12.4. The first-order chi connectivity index (χ1) is 11.9. The van der Waals surface area contributed by atoms with Gasteiger partial charge in [-0.2, -0.15) is 0 Å². The number of hydrogen-bond donors (Lipinski definition) is 3. The van der Waals surface area contributed by atoms with Crippen molar-refractivity contribution < 1.29 is 15.0 Å². The van der Waals surface area contributed by atoms with E-state index in [1.54, 1.807) is 24.3 Å². The molecular formula is C20H19NO3S. The van der Waals surface area contributed by atoms with E-state index in [0.717, 1.165) is 21.6 Å². The van der Waals surface area contributed by atoms with Gasteiger partial charge in [0.2, 0.25) is 0 Å². The van der Waals surface area contributed by atoms with Gasteiger partial charge in [0.05, 0.1) is 4.88 Å². The van der Waals surface area contributed by atoms with Crippen molar-refractivity contribution in [3.05, 3.63) is 59.5 Å². The predicted octanol–water partition coefficient (Wildman–Crippen LogP) is 4.63. The Labute approximate surface area is 150 Å². The van der Waals surface area contributed by atoms with Gasteiger partial charge in [-0.25, -0.2) is 0 Å². The van der Waals surface area contributed by atoms with E-state index >= 15 is 0 Å². The summed E-state index contributed by atoms with van der Waals surface area (Å²) in [5, 5.41) is 22.0. The van der Waals surface area contributed by atoms with Gasteiger partial charge < -0.3 is 15.5 Å². The van der Waals surface area contributed by atoms with Crippen LogP contribution >= 0.6 is 11.3 Å². The summed E-state index contributed by atoms with van der Waals surface area (Å²) in [7, 11) is 0. The third-order valence-corrected chi connectivity index (χ3v) is 4.87. The maximum Gasteiger partial charge on any atom is 0.261 e. The van der Waals surface area contributed by atoms with Gasteiger partial charge >= 0.3 is 0 Å². The summed E-state index contributed by atoms with van der Waals surface area (Å²) >= 11 is 1.41. The maximum absolute atomic E-state index is 12.4. The molecule has 2 aromatic carbocycles. The van der Waals surface area contributed by atoms with Crippen molar-refractivity contribution in [2.45, 2.75) is 19.9 Å². The molecule has 1 heterocycles. The first-order valence-electron chi connectivity index (χ1n) is 7.97. The molecule has 0 saturated carbocycles. The Morgan fingerprint density at radius 2 is 1.44 bits per heavy atom. The fraction of sp³-hybridized carbons (Fsp3) is 0.150. The Morgan fingerprint density at radius 3 is 1.96 bits per heavy atom. The summed E-state index contributed by atoms with van der Waals surface area (Å²) in [4.78, 5) is 14.0. The Hall–Kier alpha value is -2.79. The molecule has 0 saturated heterocycles. The van der Waals surface area contributed by atoms with Crippen LogP contribution in [0.15, 0.2) is 54.6 Å². The first kappa shape index (κ1) is 17.0. The molecule has 0 bridgehead atoms. The number of thiophene rings is 1. The van der Waals surface area contributed by atoms with Crippen molar-refractivity contribution in [1.82, 2.24) is 5.32 Å². The minimum absolute atomic E-state index is 0.0591. The third kappa shape index (κ3) is 3.83. The summed E-state index contributed by atoms with van der Waals surface area (Å²) in [5.74, 6) is 0.289. The Balaban J connectivity index is 2.10. The van der Waals surface area contributed by atoms with Crippen molar-refractivity contribution in [1.29, 1.82) is 0 Å². The molecule has 0 aliphatic carbocycles. The molecule has 0 unspecified atom stereocenters. The van der Waals surface area contributed by atoms with Gasteiger partial charge in [-0.05, 0) is 67.4 Å². The number of rotatable bonds is 4. The highest BCUT2D eigenvalue weighted by Gasteiger charge is 2.17. The molecule has 1 amide bonds. The molecule has 3 N–H and O–H groups in total. The number of hydrogen-bond acceptors (Lipinski definition) is 4. The number of aromatic hydroxyl groups is 2. The number of phenols is 2. The monoisotopic (exact) mass is 353 g/mol. The van der Waals surface area contributed by atoms with Crippen molar-refractivity contribution in [3.8, 4) is 33.1 Å². The van der Waals surface area contributed by atoms with Crippen LogP contribution in [0.5, 0.6) is 11.5 Å². The summed E-state index contributed by atoms with van der Waals surface area (Å²) in [5.41, 5.74) is 2.76. The van der Waals surface area contributed by atoms with Gasteiger partial charge in [0.25, 0.3) is 5.91 Å². The van der Waals surface area contributed by atoms with Gasteiger partial charge in [-0.1, -0.05) is 12.1 Å². The molecule has 3 rings (SSSR count). The van der Waals surface area contributed by atoms with E-state index in [0.29, 0.717) is 4.88 Å². The van der Waals surface area contributed by atoms with E-state index in [1.165, 1.54) is 11.3 Å². The van der Waals surface area contributed by atoms with Gasteiger partial charge in [-0.15, -0.1) is 11.3 Å². The molecule has 1 aromatic heterocycles. The van der Waals surface area contributed by atoms with E-state index in [4.69, 9.17) is 0 Å². The topological polar surface area (TPSA) is 69.6 Å². The number of phenolic OH excluding ortho intramolecular Hbond substituents is 2. The Morgan fingerprint density at radius 1 is 0.920 bits per heavy atom. The second kappa shape index (κ2) is 6.99. The van der Waals surface area contributed by atoms with Crippen LogP contribution < -0.4 is 5.32 Å². The van der Waals surface area contributed by atoms with Gasteiger partial charge in [-0.3, -0.25) is 4.79 Å². The lowest BCUT2D eigenvalue weighted by atomic mass is 10.0. The highest BCUT2D eigenvalue weighted by Crippen LogP contribution is 2.40. The lowest BCUT2D eigenvalue weighted by Gasteiger charge is -2.05. The quantitative estimate of drug-likeness (QED) is 0.640. The molecular weight excluding hydrogens is 334 g/mol. The number of carbonyl (C=O) groups is 1. The van der Waals surface area contributed by atoms with Crippen molar-refractivity contribution >= 4 is 17.2 Å². The standard InChI is InChI=1S/C20H19NO3S/c1-12(2)21-20(24)18-11-17(13-3-7-15(22)8-4-13)19(25-18)14-5-9-16(23)10-6-14/h3-12,22-23H,1-2H3,(H,21,24). The average molecular weight is 353 g/mol. The SMILES string of the molecule is CC(C)NC(=O)c1cc(-c2ccc(O)cc2)c(-c2ccc(O)cc2)s1. The van der Waals surface area contributed by atoms with Crippen LogP contribution in [0.4, 0.5) is 0 Å². The highest BCUT2D eigenvalue weighted by molar-refractivity contribution is 7.18. The van der Waals surface area contributed by atoms with Gasteiger partial charge in [0.1, 0.15) is 11.5 Å². The highest BCUT2D eigenvalue weighted by atomic mass is 32.1. The zero-order valence-corrected chi connectivity index (χ0v) is 14.8. The third-order valence-electron chi connectivity index (χ3n) is 3.68. The van der Waals surface area contributed by atoms with Crippen molar-refractivity contribution in [2.75, 3.05) is 0 Å². The lowest BCUT2D eigenvalue weighted by molar-refractivity contribution is 0.0947. The molecule has 0 aliphatic heterocycles. The number of carbonyl (C=O) groups excluding carboxylic acids is 1. The molecule has 0 aliphatic rings. The molecule has 0 fully saturated rings. The van der Waals surface area contributed by atoms with Crippen LogP contribution in [-0.2, 0) is 0 Å². The minimum atomic E-state index is -0.106. The van der Waals surface area contributed by atoms with Crippen LogP contribution in [0.3, 0.4) is 0 Å². The zero-order chi connectivity index (χ0) is 18.0. The number of nitrogens with one attached hydrogen (secondary N) is 1. The van der Waals surface area contributed by atoms with Gasteiger partial charge in [0, 0.05) is 16.5 Å². The van der Waals surface area contributed by atoms with E-state index in [1.807, 2.05) is 44.2 Å². The van der Waals surface area contributed by atoms with E-state index in [9.17, 15) is 15.0 Å². The number of benzene rings is 2. The largest absolute Gasteiger partial charge is 0.508 e. The molecule has 25 heavy (non-hydrogen) atoms. The van der Waals surface area contributed by atoms with Crippen molar-refractivity contribution in [3.63, 3.8) is 0 Å². The van der Waals surface area contributed by atoms with Crippen LogP contribution in [0.25, 0.3) is 21.6 Å². The predicted molar refractivity (Wildman–Crippen MR) is 101 cm³/mol. The molecule has 5 heteroatoms. The molecule has 0 radical (unpaired) electrons. The fourth-order valence-electron chi connectivity index (χ4n) is 2.52. The van der Waals surface area contributed by atoms with E-state index < -0.39 is 0 Å². The smallest absolute Gasteiger partial charge is 0.261 e. The van der Waals surface area contributed by atoms with Crippen molar-refractivity contribution in [2.24, 2.45) is 0 Å². The van der Waals surface area contributed by atoms with E-state index in [2.05, 4.69) is 5.32 Å². The molecule has 3 aromatic rings. The minimum Gasteiger partial charge on any atom is -0.508 e. The van der Waals surface area contributed by atoms with E-state index in [-0.39, 0.29) is 23.4 Å². The average Bonchev–Trinajstić information content (AvgIpc) is 3.01. The zero-order valence-electron chi connectivity index (χ0n) is 14.0. The van der Waals surface area contributed by atoms with Gasteiger partial charge in [0.15, 0.2) is 0 Å². The number of amides is 1. The van der Waals surface area contributed by atoms with Crippen LogP contribution in [0, 0.1) is 0 Å². The summed E-state index contributed by atoms with van der Waals surface area (Å²) in [6, 6.07) is 15.7. The molecule has 4 nitrogen and oxygen atoms in total. The molecule has 128 valence electrons. The Bertz CT molecular complexity index is 817. The Kier molecular flexibility index (Phi) is 4.76. The summed E-state index contributed by atoms with van der Waals surface area (Å²) in [6.07, 6.45) is 0. The van der Waals surface area contributed by atoms with Crippen LogP contribution in [-0.4, -0.2) is 22.2 Å². The van der Waals surface area contributed by atoms with Crippen LogP contribution in [0.2, 0.25) is 0 Å². The molecule has 0 spiro atoms. The second-order valence-electron chi connectivity index (χ2n) is 6.08. The second-order valence-corrected chi connectivity index (χ2v) is 7.13. The summed E-state index contributed by atoms with van der Waals surface area (Å²) < 4.78 is 0.